The normalized spacial score (nSPS) is 19.4. The topological polar surface area (TPSA) is 20.3 Å². The molecule has 110 valence electrons. The summed E-state index contributed by atoms with van der Waals surface area (Å²) >= 11 is 0. The molecule has 1 fully saturated rings. The number of halogens is 4. The van der Waals surface area contributed by atoms with Gasteiger partial charge in [-0.1, -0.05) is 13.3 Å². The molecule has 1 saturated heterocycles. The zero-order chi connectivity index (χ0) is 14.9. The Morgan fingerprint density at radius 2 is 2.10 bits per heavy atom. The van der Waals surface area contributed by atoms with Crippen molar-refractivity contribution in [2.45, 2.75) is 25.9 Å². The third-order valence-electron chi connectivity index (χ3n) is 3.67. The number of alkyl halides is 3. The second-order valence-electron chi connectivity index (χ2n) is 5.01. The highest BCUT2D eigenvalue weighted by atomic mass is 19.4. The van der Waals surface area contributed by atoms with Crippen molar-refractivity contribution in [2.24, 2.45) is 5.92 Å². The van der Waals surface area contributed by atoms with E-state index in [9.17, 15) is 22.4 Å². The molecule has 0 radical (unpaired) electrons. The molecule has 1 amide bonds. The molecule has 1 heterocycles. The van der Waals surface area contributed by atoms with Gasteiger partial charge < -0.3 is 4.90 Å². The van der Waals surface area contributed by atoms with Crippen LogP contribution in [0.5, 0.6) is 0 Å². The summed E-state index contributed by atoms with van der Waals surface area (Å²) in [4.78, 5) is 13.7. The van der Waals surface area contributed by atoms with Gasteiger partial charge in [-0.15, -0.1) is 0 Å². The number of hydrogen-bond acceptors (Lipinski definition) is 1. The van der Waals surface area contributed by atoms with Crippen LogP contribution in [-0.2, 0) is 6.18 Å². The molecule has 0 spiro atoms. The number of carbonyl (C=O) groups is 1. The summed E-state index contributed by atoms with van der Waals surface area (Å²) in [5, 5.41) is 0. The van der Waals surface area contributed by atoms with Crippen molar-refractivity contribution in [1.82, 2.24) is 4.90 Å². The highest BCUT2D eigenvalue weighted by Crippen LogP contribution is 2.32. The first-order valence-corrected chi connectivity index (χ1v) is 6.49. The van der Waals surface area contributed by atoms with Gasteiger partial charge in [0.2, 0.25) is 0 Å². The van der Waals surface area contributed by atoms with Crippen molar-refractivity contribution in [2.75, 3.05) is 13.1 Å². The van der Waals surface area contributed by atoms with Gasteiger partial charge in [-0.3, -0.25) is 4.79 Å². The summed E-state index contributed by atoms with van der Waals surface area (Å²) in [5.74, 6) is -1.44. The molecule has 2 nitrogen and oxygen atoms in total. The van der Waals surface area contributed by atoms with Crippen molar-refractivity contribution in [3.05, 3.63) is 35.1 Å². The molecule has 2 rings (SSSR count). The Hall–Kier alpha value is -1.59. The summed E-state index contributed by atoms with van der Waals surface area (Å²) in [7, 11) is 0. The van der Waals surface area contributed by atoms with Gasteiger partial charge in [-0.25, -0.2) is 4.39 Å². The van der Waals surface area contributed by atoms with Crippen molar-refractivity contribution >= 4 is 5.91 Å². The average molecular weight is 289 g/mol. The van der Waals surface area contributed by atoms with Crippen molar-refractivity contribution in [1.29, 1.82) is 0 Å². The lowest BCUT2D eigenvalue weighted by molar-refractivity contribution is -0.140. The fraction of sp³-hybridized carbons (Fsp3) is 0.500. The van der Waals surface area contributed by atoms with E-state index in [0.29, 0.717) is 31.1 Å². The quantitative estimate of drug-likeness (QED) is 0.760. The largest absolute Gasteiger partial charge is 0.419 e. The van der Waals surface area contributed by atoms with Crippen molar-refractivity contribution in [3.63, 3.8) is 0 Å². The maximum Gasteiger partial charge on any atom is 0.419 e. The molecule has 0 bridgehead atoms. The van der Waals surface area contributed by atoms with E-state index in [4.69, 9.17) is 0 Å². The number of hydrogen-bond donors (Lipinski definition) is 0. The van der Waals surface area contributed by atoms with Crippen LogP contribution in [0.25, 0.3) is 0 Å². The molecule has 0 saturated carbocycles. The molecule has 6 heteroatoms. The van der Waals surface area contributed by atoms with E-state index in [1.807, 2.05) is 6.92 Å². The number of amides is 1. The molecule has 0 aromatic heterocycles. The standard InChI is InChI=1S/C14H15F4NO/c1-2-9-5-6-19(8-9)13(20)10-3-4-12(15)11(7-10)14(16,17)18/h3-4,7,9H,2,5-6,8H2,1H3. The molecule has 1 aromatic rings. The van der Waals surface area contributed by atoms with Gasteiger partial charge in [0.1, 0.15) is 5.82 Å². The second-order valence-corrected chi connectivity index (χ2v) is 5.01. The highest BCUT2D eigenvalue weighted by Gasteiger charge is 2.35. The zero-order valence-electron chi connectivity index (χ0n) is 11.0. The second kappa shape index (κ2) is 5.42. The van der Waals surface area contributed by atoms with Gasteiger partial charge in [-0.05, 0) is 30.5 Å². The van der Waals surface area contributed by atoms with E-state index in [2.05, 4.69) is 0 Å². The SMILES string of the molecule is CCC1CCN(C(=O)c2ccc(F)c(C(F)(F)F)c2)C1. The van der Waals surface area contributed by atoms with E-state index >= 15 is 0 Å². The van der Waals surface area contributed by atoms with Gasteiger partial charge in [0, 0.05) is 18.7 Å². The summed E-state index contributed by atoms with van der Waals surface area (Å²) in [6.07, 6.45) is -3.01. The monoisotopic (exact) mass is 289 g/mol. The van der Waals surface area contributed by atoms with Crippen molar-refractivity contribution < 1.29 is 22.4 Å². The molecule has 0 N–H and O–H groups in total. The van der Waals surface area contributed by atoms with Crippen LogP contribution in [0.2, 0.25) is 0 Å². The number of nitrogens with zero attached hydrogens (tertiary/aromatic N) is 1. The summed E-state index contributed by atoms with van der Waals surface area (Å²) in [5.41, 5.74) is -1.51. The van der Waals surface area contributed by atoms with Crippen LogP contribution in [0.3, 0.4) is 0 Å². The van der Waals surface area contributed by atoms with Crippen LogP contribution >= 0.6 is 0 Å². The molecule has 1 unspecified atom stereocenters. The molecule has 1 atom stereocenters. The Labute approximate surface area is 114 Å². The summed E-state index contributed by atoms with van der Waals surface area (Å²) in [6.45, 7) is 3.10. The lowest BCUT2D eigenvalue weighted by Gasteiger charge is -2.17. The van der Waals surface area contributed by atoms with E-state index in [1.54, 1.807) is 0 Å². The van der Waals surface area contributed by atoms with Gasteiger partial charge in [0.25, 0.3) is 5.91 Å². The van der Waals surface area contributed by atoms with E-state index in [0.717, 1.165) is 18.9 Å². The minimum absolute atomic E-state index is 0.115. The highest BCUT2D eigenvalue weighted by molar-refractivity contribution is 5.94. The lowest BCUT2D eigenvalue weighted by Crippen LogP contribution is -2.29. The van der Waals surface area contributed by atoms with Crippen LogP contribution in [0.15, 0.2) is 18.2 Å². The third kappa shape index (κ3) is 2.94. The Bertz CT molecular complexity index is 512. The average Bonchev–Trinajstić information content (AvgIpc) is 2.86. The maximum atomic E-state index is 13.2. The Morgan fingerprint density at radius 1 is 1.40 bits per heavy atom. The fourth-order valence-corrected chi connectivity index (χ4v) is 2.41. The molecular formula is C14H15F4NO. The Morgan fingerprint density at radius 3 is 2.65 bits per heavy atom. The van der Waals surface area contributed by atoms with Crippen LogP contribution in [0, 0.1) is 11.7 Å². The number of rotatable bonds is 2. The summed E-state index contributed by atoms with van der Waals surface area (Å²) in [6, 6.07) is 2.40. The summed E-state index contributed by atoms with van der Waals surface area (Å²) < 4.78 is 51.0. The first-order valence-electron chi connectivity index (χ1n) is 6.49. The first kappa shape index (κ1) is 14.8. The van der Waals surface area contributed by atoms with Gasteiger partial charge in [-0.2, -0.15) is 13.2 Å². The predicted octanol–water partition coefficient (Wildman–Crippen LogP) is 3.72. The van der Waals surface area contributed by atoms with Gasteiger partial charge in [0.05, 0.1) is 5.56 Å². The molecular weight excluding hydrogens is 274 g/mol. The molecule has 1 aromatic carbocycles. The van der Waals surface area contributed by atoms with Crippen LogP contribution in [0.1, 0.15) is 35.7 Å². The number of carbonyl (C=O) groups excluding carboxylic acids is 1. The molecule has 20 heavy (non-hydrogen) atoms. The lowest BCUT2D eigenvalue weighted by atomic mass is 10.1. The smallest absolute Gasteiger partial charge is 0.338 e. The van der Waals surface area contributed by atoms with Gasteiger partial charge >= 0.3 is 6.18 Å². The maximum absolute atomic E-state index is 13.2. The Balaban J connectivity index is 2.23. The van der Waals surface area contributed by atoms with E-state index in [1.165, 1.54) is 4.90 Å². The van der Waals surface area contributed by atoms with Crippen LogP contribution < -0.4 is 0 Å². The van der Waals surface area contributed by atoms with Crippen molar-refractivity contribution in [3.8, 4) is 0 Å². The van der Waals surface area contributed by atoms with Crippen LogP contribution in [-0.4, -0.2) is 23.9 Å². The fourth-order valence-electron chi connectivity index (χ4n) is 2.41. The number of likely N-dealkylation sites (tertiary alicyclic amines) is 1. The first-order chi connectivity index (χ1) is 9.32. The minimum Gasteiger partial charge on any atom is -0.338 e. The molecule has 1 aliphatic heterocycles. The third-order valence-corrected chi connectivity index (χ3v) is 3.67. The zero-order valence-corrected chi connectivity index (χ0v) is 11.0. The van der Waals surface area contributed by atoms with E-state index in [-0.39, 0.29) is 5.56 Å². The van der Waals surface area contributed by atoms with E-state index < -0.39 is 23.5 Å². The predicted molar refractivity (Wildman–Crippen MR) is 65.7 cm³/mol. The Kier molecular flexibility index (Phi) is 4.01. The van der Waals surface area contributed by atoms with Gasteiger partial charge in [0.15, 0.2) is 0 Å². The number of benzene rings is 1. The minimum atomic E-state index is -4.79. The molecule has 1 aliphatic rings. The van der Waals surface area contributed by atoms with Crippen LogP contribution in [0.4, 0.5) is 17.6 Å². The molecule has 0 aliphatic carbocycles.